The summed E-state index contributed by atoms with van der Waals surface area (Å²) in [5, 5.41) is 2.83. The molecule has 9 heteroatoms. The fourth-order valence-electron chi connectivity index (χ4n) is 3.20. The van der Waals surface area contributed by atoms with Crippen molar-refractivity contribution >= 4 is 61.3 Å². The van der Waals surface area contributed by atoms with E-state index in [2.05, 4.69) is 4.99 Å². The minimum absolute atomic E-state index is 0.0496. The maximum absolute atomic E-state index is 12.4. The van der Waals surface area contributed by atoms with Crippen molar-refractivity contribution in [3.8, 4) is 0 Å². The zero-order chi connectivity index (χ0) is 18.3. The molecule has 2 saturated heterocycles. The summed E-state index contributed by atoms with van der Waals surface area (Å²) in [5.74, 6) is -0.0926. The van der Waals surface area contributed by atoms with E-state index < -0.39 is 9.84 Å². The number of carbonyl (C=O) groups is 1. The van der Waals surface area contributed by atoms with Gasteiger partial charge in [-0.1, -0.05) is 41.6 Å². The van der Waals surface area contributed by atoms with E-state index in [-0.39, 0.29) is 35.1 Å². The second kappa shape index (κ2) is 6.99. The molecule has 2 aliphatic rings. The molecule has 0 aliphatic carbocycles. The average molecular weight is 427 g/mol. The van der Waals surface area contributed by atoms with Gasteiger partial charge in [-0.05, 0) is 23.6 Å². The van der Waals surface area contributed by atoms with Crippen molar-refractivity contribution in [1.82, 2.24) is 0 Å². The van der Waals surface area contributed by atoms with Crippen LogP contribution in [-0.2, 0) is 21.1 Å². The van der Waals surface area contributed by atoms with Gasteiger partial charge in [-0.2, -0.15) is 4.99 Å². The number of amidine groups is 1. The number of nitrogens with zero attached hydrogens (tertiary/aromatic N) is 2. The number of thioether (sulfide) groups is 1. The predicted molar refractivity (Wildman–Crippen MR) is 108 cm³/mol. The summed E-state index contributed by atoms with van der Waals surface area (Å²) < 4.78 is 24.1. The Morgan fingerprint density at radius 2 is 2.04 bits per heavy atom. The number of sulfone groups is 1. The number of hydrogen-bond acceptors (Lipinski definition) is 5. The Balaban J connectivity index is 1.68. The second-order valence-electron chi connectivity index (χ2n) is 6.17. The number of para-hydroxylation sites is 1. The Morgan fingerprint density at radius 1 is 1.23 bits per heavy atom. The summed E-state index contributed by atoms with van der Waals surface area (Å²) in [6.07, 6.45) is 0.242. The Kier molecular flexibility index (Phi) is 4.85. The van der Waals surface area contributed by atoms with Gasteiger partial charge in [0.25, 0.3) is 5.91 Å². The number of aliphatic imine (C=N–C) groups is 1. The molecule has 2 fully saturated rings. The van der Waals surface area contributed by atoms with Gasteiger partial charge in [-0.3, -0.25) is 4.79 Å². The Hall–Kier alpha value is -1.35. The third-order valence-electron chi connectivity index (χ3n) is 4.30. The molecular weight excluding hydrogens is 412 g/mol. The summed E-state index contributed by atoms with van der Waals surface area (Å²) in [5.41, 5.74) is 0.689. The van der Waals surface area contributed by atoms with E-state index in [1.807, 2.05) is 40.6 Å². The minimum Gasteiger partial charge on any atom is -0.314 e. The first-order valence-corrected chi connectivity index (χ1v) is 11.9. The van der Waals surface area contributed by atoms with Crippen LogP contribution in [0.3, 0.4) is 0 Å². The molecule has 0 unspecified atom stereocenters. The van der Waals surface area contributed by atoms with Gasteiger partial charge in [0.05, 0.1) is 34.7 Å². The molecule has 0 N–H and O–H groups in total. The van der Waals surface area contributed by atoms with Gasteiger partial charge >= 0.3 is 0 Å². The van der Waals surface area contributed by atoms with E-state index in [4.69, 9.17) is 11.6 Å². The molecule has 1 aromatic heterocycles. The van der Waals surface area contributed by atoms with Crippen LogP contribution < -0.4 is 4.90 Å². The molecule has 2 aromatic rings. The lowest BCUT2D eigenvalue weighted by atomic mass is 10.2. The van der Waals surface area contributed by atoms with E-state index in [1.54, 1.807) is 6.07 Å². The van der Waals surface area contributed by atoms with Crippen molar-refractivity contribution in [2.24, 2.45) is 4.99 Å². The average Bonchev–Trinajstić information content (AvgIpc) is 3.23. The molecule has 4 rings (SSSR count). The number of rotatable bonds is 3. The van der Waals surface area contributed by atoms with Gasteiger partial charge in [0.2, 0.25) is 0 Å². The molecule has 3 heterocycles. The van der Waals surface area contributed by atoms with Crippen LogP contribution in [0.5, 0.6) is 0 Å². The predicted octanol–water partition coefficient (Wildman–Crippen LogP) is 3.25. The highest BCUT2D eigenvalue weighted by molar-refractivity contribution is 8.16. The Bertz CT molecular complexity index is 973. The normalized spacial score (nSPS) is 25.6. The largest absolute Gasteiger partial charge is 0.314 e. The SMILES string of the molecule is O=C(Cc1cccs1)N=C1S[C@H]2CS(=O)(=O)C[C@H]2N1c1ccccc1Cl. The Morgan fingerprint density at radius 3 is 2.77 bits per heavy atom. The van der Waals surface area contributed by atoms with Crippen molar-refractivity contribution in [1.29, 1.82) is 0 Å². The van der Waals surface area contributed by atoms with E-state index in [0.29, 0.717) is 15.9 Å². The van der Waals surface area contributed by atoms with E-state index in [9.17, 15) is 13.2 Å². The number of halogens is 1. The molecule has 1 amide bonds. The highest BCUT2D eigenvalue weighted by atomic mass is 35.5. The minimum atomic E-state index is -3.10. The van der Waals surface area contributed by atoms with Crippen LogP contribution in [0.4, 0.5) is 5.69 Å². The van der Waals surface area contributed by atoms with Crippen molar-refractivity contribution in [3.05, 3.63) is 51.7 Å². The molecule has 5 nitrogen and oxygen atoms in total. The highest BCUT2D eigenvalue weighted by Gasteiger charge is 2.49. The standard InChI is InChI=1S/C17H15ClN2O3S3/c18-12-5-1-2-6-13(12)20-14-9-26(22,23)10-15(14)25-17(20)19-16(21)8-11-4-3-7-24-11/h1-7,14-15H,8-10H2/t14-,15+/m1/s1. The summed E-state index contributed by atoms with van der Waals surface area (Å²) in [7, 11) is -3.10. The molecule has 0 saturated carbocycles. The van der Waals surface area contributed by atoms with Crippen LogP contribution in [0.25, 0.3) is 0 Å². The molecule has 2 atom stereocenters. The maximum atomic E-state index is 12.4. The lowest BCUT2D eigenvalue weighted by Crippen LogP contribution is -2.38. The first kappa shape index (κ1) is 18.0. The summed E-state index contributed by atoms with van der Waals surface area (Å²) in [6.45, 7) is 0. The van der Waals surface area contributed by atoms with Crippen LogP contribution in [0.15, 0.2) is 46.8 Å². The number of amides is 1. The number of carbonyl (C=O) groups excluding carboxylic acids is 1. The summed E-state index contributed by atoms with van der Waals surface area (Å²) in [6, 6.07) is 10.8. The first-order valence-electron chi connectivity index (χ1n) is 7.98. The molecule has 2 aliphatic heterocycles. The van der Waals surface area contributed by atoms with Crippen LogP contribution in [0, 0.1) is 0 Å². The van der Waals surface area contributed by atoms with Crippen LogP contribution in [0.1, 0.15) is 4.88 Å². The van der Waals surface area contributed by atoms with E-state index in [0.717, 1.165) is 4.88 Å². The van der Waals surface area contributed by atoms with Gasteiger partial charge in [-0.15, -0.1) is 11.3 Å². The van der Waals surface area contributed by atoms with Gasteiger partial charge in [0.15, 0.2) is 15.0 Å². The lowest BCUT2D eigenvalue weighted by Gasteiger charge is -2.25. The summed E-state index contributed by atoms with van der Waals surface area (Å²) >= 11 is 9.22. The number of benzene rings is 1. The van der Waals surface area contributed by atoms with Crippen molar-refractivity contribution in [3.63, 3.8) is 0 Å². The second-order valence-corrected chi connectivity index (χ2v) is 11.0. The molecule has 0 radical (unpaired) electrons. The lowest BCUT2D eigenvalue weighted by molar-refractivity contribution is -0.117. The first-order chi connectivity index (χ1) is 12.4. The van der Waals surface area contributed by atoms with Crippen LogP contribution in [-0.4, -0.2) is 42.3 Å². The fraction of sp³-hybridized carbons (Fsp3) is 0.294. The molecule has 136 valence electrons. The van der Waals surface area contributed by atoms with Gasteiger partial charge in [-0.25, -0.2) is 8.42 Å². The molecule has 1 aromatic carbocycles. The molecule has 26 heavy (non-hydrogen) atoms. The molecule has 0 spiro atoms. The zero-order valence-electron chi connectivity index (χ0n) is 13.5. The summed E-state index contributed by atoms with van der Waals surface area (Å²) in [4.78, 5) is 19.5. The monoisotopic (exact) mass is 426 g/mol. The topological polar surface area (TPSA) is 66.8 Å². The van der Waals surface area contributed by atoms with Gasteiger partial charge in [0.1, 0.15) is 0 Å². The van der Waals surface area contributed by atoms with Crippen molar-refractivity contribution < 1.29 is 13.2 Å². The third kappa shape index (κ3) is 3.55. The smallest absolute Gasteiger partial charge is 0.253 e. The number of thiophene rings is 1. The van der Waals surface area contributed by atoms with Gasteiger partial charge < -0.3 is 4.90 Å². The van der Waals surface area contributed by atoms with Crippen molar-refractivity contribution in [2.45, 2.75) is 17.7 Å². The van der Waals surface area contributed by atoms with E-state index >= 15 is 0 Å². The van der Waals surface area contributed by atoms with Crippen LogP contribution >= 0.6 is 34.7 Å². The van der Waals surface area contributed by atoms with Crippen LogP contribution in [0.2, 0.25) is 5.02 Å². The number of hydrogen-bond donors (Lipinski definition) is 0. The third-order valence-corrected chi connectivity index (χ3v) is 8.71. The van der Waals surface area contributed by atoms with Gasteiger partial charge in [0, 0.05) is 10.1 Å². The molecular formula is C17H15ClN2O3S3. The Labute approximate surface area is 165 Å². The van der Waals surface area contributed by atoms with E-state index in [1.165, 1.54) is 23.1 Å². The number of anilines is 1. The zero-order valence-corrected chi connectivity index (χ0v) is 16.7. The fourth-order valence-corrected chi connectivity index (χ4v) is 8.05. The maximum Gasteiger partial charge on any atom is 0.253 e. The quantitative estimate of drug-likeness (QED) is 0.753. The number of fused-ring (bicyclic) bond motifs is 1. The highest BCUT2D eigenvalue weighted by Crippen LogP contribution is 2.42. The molecule has 0 bridgehead atoms. The van der Waals surface area contributed by atoms with Crippen molar-refractivity contribution in [2.75, 3.05) is 16.4 Å².